The Morgan fingerprint density at radius 1 is 1.44 bits per heavy atom. The zero-order valence-electron chi connectivity index (χ0n) is 8.89. The van der Waals surface area contributed by atoms with Crippen LogP contribution in [-0.4, -0.2) is 12.2 Å². The van der Waals surface area contributed by atoms with Crippen LogP contribution in [0.5, 0.6) is 11.5 Å². The van der Waals surface area contributed by atoms with Crippen LogP contribution in [0.1, 0.15) is 24.8 Å². The van der Waals surface area contributed by atoms with Crippen molar-refractivity contribution in [2.75, 3.05) is 7.11 Å². The van der Waals surface area contributed by atoms with Crippen LogP contribution in [0, 0.1) is 11.6 Å². The van der Waals surface area contributed by atoms with Crippen molar-refractivity contribution in [1.82, 2.24) is 0 Å². The van der Waals surface area contributed by atoms with Gasteiger partial charge in [-0.1, -0.05) is 0 Å². The van der Waals surface area contributed by atoms with E-state index < -0.39 is 22.9 Å². The van der Waals surface area contributed by atoms with Crippen LogP contribution in [0.2, 0.25) is 0 Å². The summed E-state index contributed by atoms with van der Waals surface area (Å²) in [4.78, 5) is 0. The Bertz CT molecular complexity index is 430. The molecule has 0 aliphatic heterocycles. The second kappa shape index (κ2) is 3.59. The normalized spacial score (nSPS) is 18.0. The number of aromatic hydroxyl groups is 1. The fourth-order valence-electron chi connectivity index (χ4n) is 2.01. The molecular weight excluding hydrogens is 216 g/mol. The maximum absolute atomic E-state index is 13.6. The lowest BCUT2D eigenvalue weighted by Crippen LogP contribution is -2.44. The molecule has 0 atom stereocenters. The molecule has 0 spiro atoms. The Morgan fingerprint density at radius 2 is 2.06 bits per heavy atom. The van der Waals surface area contributed by atoms with E-state index in [1.54, 1.807) is 0 Å². The first-order valence-corrected chi connectivity index (χ1v) is 5.04. The lowest BCUT2D eigenvalue weighted by atomic mass is 9.72. The number of halogens is 2. The molecule has 0 saturated heterocycles. The van der Waals surface area contributed by atoms with Gasteiger partial charge < -0.3 is 15.6 Å². The van der Waals surface area contributed by atoms with Crippen molar-refractivity contribution in [3.05, 3.63) is 23.3 Å². The number of hydrogen-bond acceptors (Lipinski definition) is 3. The van der Waals surface area contributed by atoms with Crippen molar-refractivity contribution in [1.29, 1.82) is 0 Å². The molecule has 1 aliphatic carbocycles. The quantitative estimate of drug-likeness (QED) is 0.815. The van der Waals surface area contributed by atoms with Crippen molar-refractivity contribution in [2.45, 2.75) is 24.8 Å². The van der Waals surface area contributed by atoms with Gasteiger partial charge in [-0.25, -0.2) is 8.78 Å². The van der Waals surface area contributed by atoms with Crippen LogP contribution < -0.4 is 10.5 Å². The predicted molar refractivity (Wildman–Crippen MR) is 54.3 cm³/mol. The van der Waals surface area contributed by atoms with E-state index in [1.165, 1.54) is 7.11 Å². The van der Waals surface area contributed by atoms with Gasteiger partial charge in [0.1, 0.15) is 0 Å². The number of ether oxygens (including phenoxy) is 1. The van der Waals surface area contributed by atoms with E-state index in [0.717, 1.165) is 12.5 Å². The Morgan fingerprint density at radius 3 is 2.50 bits per heavy atom. The molecule has 16 heavy (non-hydrogen) atoms. The molecule has 0 heterocycles. The van der Waals surface area contributed by atoms with Gasteiger partial charge >= 0.3 is 0 Å². The van der Waals surface area contributed by atoms with Crippen molar-refractivity contribution in [3.63, 3.8) is 0 Å². The van der Waals surface area contributed by atoms with Crippen molar-refractivity contribution in [3.8, 4) is 11.5 Å². The molecular formula is C11H13F2NO2. The fourth-order valence-corrected chi connectivity index (χ4v) is 2.01. The molecule has 0 amide bonds. The van der Waals surface area contributed by atoms with Crippen LogP contribution in [0.4, 0.5) is 8.78 Å². The number of benzene rings is 1. The second-order valence-corrected chi connectivity index (χ2v) is 4.11. The molecule has 3 N–H and O–H groups in total. The van der Waals surface area contributed by atoms with E-state index in [4.69, 9.17) is 10.5 Å². The van der Waals surface area contributed by atoms with Crippen LogP contribution in [-0.2, 0) is 5.54 Å². The summed E-state index contributed by atoms with van der Waals surface area (Å²) in [7, 11) is 1.28. The lowest BCUT2D eigenvalue weighted by Gasteiger charge is -2.39. The average Bonchev–Trinajstić information content (AvgIpc) is 2.21. The summed E-state index contributed by atoms with van der Waals surface area (Å²) >= 11 is 0. The molecule has 0 bridgehead atoms. The molecule has 1 aromatic carbocycles. The average molecular weight is 229 g/mol. The summed E-state index contributed by atoms with van der Waals surface area (Å²) in [5.41, 5.74) is 4.76. The van der Waals surface area contributed by atoms with Gasteiger partial charge in [0.2, 0.25) is 0 Å². The third-order valence-electron chi connectivity index (χ3n) is 3.12. The Balaban J connectivity index is 2.62. The molecule has 0 unspecified atom stereocenters. The molecule has 88 valence electrons. The molecule has 1 saturated carbocycles. The predicted octanol–water partition coefficient (Wildman–Crippen LogP) is 2.02. The van der Waals surface area contributed by atoms with Crippen LogP contribution in [0.25, 0.3) is 0 Å². The Kier molecular flexibility index (Phi) is 2.50. The Labute approximate surface area is 91.8 Å². The highest BCUT2D eigenvalue weighted by Gasteiger charge is 2.41. The molecule has 1 aliphatic rings. The highest BCUT2D eigenvalue weighted by atomic mass is 19.2. The van der Waals surface area contributed by atoms with Gasteiger partial charge in [0, 0.05) is 11.6 Å². The molecule has 5 heteroatoms. The van der Waals surface area contributed by atoms with Gasteiger partial charge in [0.15, 0.2) is 23.1 Å². The summed E-state index contributed by atoms with van der Waals surface area (Å²) in [6.45, 7) is 0. The minimum Gasteiger partial charge on any atom is -0.504 e. The molecule has 0 aromatic heterocycles. The number of rotatable bonds is 2. The summed E-state index contributed by atoms with van der Waals surface area (Å²) < 4.78 is 31.7. The molecule has 2 rings (SSSR count). The highest BCUT2D eigenvalue weighted by molar-refractivity contribution is 5.50. The number of nitrogens with two attached hydrogens (primary N) is 1. The van der Waals surface area contributed by atoms with E-state index in [1.807, 2.05) is 0 Å². The van der Waals surface area contributed by atoms with Crippen LogP contribution >= 0.6 is 0 Å². The summed E-state index contributed by atoms with van der Waals surface area (Å²) in [6.07, 6.45) is 1.91. The van der Waals surface area contributed by atoms with Crippen LogP contribution in [0.15, 0.2) is 6.07 Å². The smallest absolute Gasteiger partial charge is 0.167 e. The van der Waals surface area contributed by atoms with E-state index in [9.17, 15) is 13.9 Å². The fraction of sp³-hybridized carbons (Fsp3) is 0.455. The monoisotopic (exact) mass is 229 g/mol. The van der Waals surface area contributed by atoms with E-state index in [-0.39, 0.29) is 11.3 Å². The first-order chi connectivity index (χ1) is 7.49. The van der Waals surface area contributed by atoms with Gasteiger partial charge in [0.05, 0.1) is 12.7 Å². The van der Waals surface area contributed by atoms with Crippen molar-refractivity contribution in [2.24, 2.45) is 5.73 Å². The maximum atomic E-state index is 13.6. The van der Waals surface area contributed by atoms with E-state index in [0.29, 0.717) is 12.8 Å². The van der Waals surface area contributed by atoms with Gasteiger partial charge in [-0.3, -0.25) is 0 Å². The van der Waals surface area contributed by atoms with Gasteiger partial charge in [-0.2, -0.15) is 0 Å². The van der Waals surface area contributed by atoms with Crippen LogP contribution in [0.3, 0.4) is 0 Å². The third-order valence-corrected chi connectivity index (χ3v) is 3.12. The molecule has 0 radical (unpaired) electrons. The minimum absolute atomic E-state index is 0.0920. The largest absolute Gasteiger partial charge is 0.504 e. The molecule has 3 nitrogen and oxygen atoms in total. The van der Waals surface area contributed by atoms with E-state index in [2.05, 4.69) is 0 Å². The number of methoxy groups -OCH3 is 1. The summed E-state index contributed by atoms with van der Waals surface area (Å²) in [5.74, 6) is -2.63. The van der Waals surface area contributed by atoms with E-state index >= 15 is 0 Å². The number of hydrogen-bond donors (Lipinski definition) is 2. The third kappa shape index (κ3) is 1.43. The topological polar surface area (TPSA) is 55.5 Å². The van der Waals surface area contributed by atoms with Gasteiger partial charge in [-0.15, -0.1) is 0 Å². The second-order valence-electron chi connectivity index (χ2n) is 4.11. The lowest BCUT2D eigenvalue weighted by molar-refractivity contribution is 0.230. The molecule has 1 aromatic rings. The van der Waals surface area contributed by atoms with Crippen molar-refractivity contribution >= 4 is 0 Å². The SMILES string of the molecule is COc1cc(F)c(F)c(C2(N)CCC2)c1O. The summed E-state index contributed by atoms with van der Waals surface area (Å²) in [5, 5.41) is 9.78. The van der Waals surface area contributed by atoms with Crippen molar-refractivity contribution < 1.29 is 18.6 Å². The zero-order valence-corrected chi connectivity index (χ0v) is 8.89. The Hall–Kier alpha value is -1.36. The maximum Gasteiger partial charge on any atom is 0.167 e. The first kappa shape index (κ1) is 11.1. The minimum atomic E-state index is -1.08. The number of phenols is 1. The van der Waals surface area contributed by atoms with Gasteiger partial charge in [0.25, 0.3) is 0 Å². The molecule has 1 fully saturated rings. The van der Waals surface area contributed by atoms with Gasteiger partial charge in [-0.05, 0) is 19.3 Å². The summed E-state index contributed by atoms with van der Waals surface area (Å²) in [6, 6.07) is 0.816. The first-order valence-electron chi connectivity index (χ1n) is 5.04. The standard InChI is InChI=1S/C11H13F2NO2/c1-16-7-5-6(12)9(13)8(10(7)15)11(14)3-2-4-11/h5,15H,2-4,14H2,1H3. The number of phenolic OH excluding ortho intramolecular Hbond substituents is 1. The highest BCUT2D eigenvalue weighted by Crippen LogP contribution is 2.47. The zero-order chi connectivity index (χ0) is 11.9.